The molecule has 3 rings (SSSR count). The highest BCUT2D eigenvalue weighted by Gasteiger charge is 2.14. The minimum Gasteiger partial charge on any atom is -0.494 e. The van der Waals surface area contributed by atoms with Gasteiger partial charge >= 0.3 is 0 Å². The Hall–Kier alpha value is -2.86. The van der Waals surface area contributed by atoms with Crippen molar-refractivity contribution in [3.63, 3.8) is 0 Å². The number of halogens is 1. The molecular formula is C20H18FNO3S. The molecule has 0 aliphatic heterocycles. The Balaban J connectivity index is 1.90. The summed E-state index contributed by atoms with van der Waals surface area (Å²) in [6, 6.07) is 18.0. The van der Waals surface area contributed by atoms with Crippen LogP contribution in [-0.4, -0.2) is 15.5 Å². The van der Waals surface area contributed by atoms with E-state index < -0.39 is 15.8 Å². The predicted molar refractivity (Wildman–Crippen MR) is 100 cm³/mol. The number of nitrogens with one attached hydrogen (secondary N) is 1. The molecule has 0 atom stereocenters. The van der Waals surface area contributed by atoms with Crippen molar-refractivity contribution < 1.29 is 17.5 Å². The third-order valence-corrected chi connectivity index (χ3v) is 5.33. The molecule has 0 saturated carbocycles. The van der Waals surface area contributed by atoms with Crippen molar-refractivity contribution in [1.82, 2.24) is 0 Å². The molecule has 0 unspecified atom stereocenters. The Bertz CT molecular complexity index is 1030. The summed E-state index contributed by atoms with van der Waals surface area (Å²) < 4.78 is 46.4. The highest BCUT2D eigenvalue weighted by Crippen LogP contribution is 2.28. The Morgan fingerprint density at radius 3 is 2.27 bits per heavy atom. The van der Waals surface area contributed by atoms with Crippen LogP contribution in [0.1, 0.15) is 5.56 Å². The Kier molecular flexibility index (Phi) is 4.95. The molecule has 0 amide bonds. The quantitative estimate of drug-likeness (QED) is 0.712. The number of methoxy groups -OCH3 is 1. The maximum absolute atomic E-state index is 13.9. The second-order valence-electron chi connectivity index (χ2n) is 5.85. The standard InChI is InChI=1S/C20H18FNO3S/c1-14-6-9-18(10-7-14)26(23,24)22-17-5-3-4-15(12-17)16-8-11-20(25-2)19(21)13-16/h3-13,22H,1-2H3. The molecule has 0 heterocycles. The van der Waals surface area contributed by atoms with Crippen molar-refractivity contribution in [3.05, 3.63) is 78.1 Å². The lowest BCUT2D eigenvalue weighted by Gasteiger charge is -2.11. The summed E-state index contributed by atoms with van der Waals surface area (Å²) >= 11 is 0. The predicted octanol–water partition coefficient (Wildman–Crippen LogP) is 4.61. The summed E-state index contributed by atoms with van der Waals surface area (Å²) in [6.07, 6.45) is 0. The summed E-state index contributed by atoms with van der Waals surface area (Å²) in [5.74, 6) is -0.319. The maximum Gasteiger partial charge on any atom is 0.261 e. The lowest BCUT2D eigenvalue weighted by Crippen LogP contribution is -2.12. The van der Waals surface area contributed by atoms with Crippen LogP contribution in [-0.2, 0) is 10.0 Å². The van der Waals surface area contributed by atoms with E-state index in [9.17, 15) is 12.8 Å². The Morgan fingerprint density at radius 2 is 1.62 bits per heavy atom. The number of hydrogen-bond acceptors (Lipinski definition) is 3. The molecule has 0 saturated heterocycles. The van der Waals surface area contributed by atoms with Gasteiger partial charge in [-0.1, -0.05) is 35.9 Å². The third-order valence-electron chi connectivity index (χ3n) is 3.93. The Labute approximate surface area is 152 Å². The first-order valence-electron chi connectivity index (χ1n) is 7.92. The van der Waals surface area contributed by atoms with Gasteiger partial charge in [0.05, 0.1) is 12.0 Å². The van der Waals surface area contributed by atoms with Gasteiger partial charge < -0.3 is 4.74 Å². The van der Waals surface area contributed by atoms with Crippen molar-refractivity contribution in [2.45, 2.75) is 11.8 Å². The molecule has 3 aromatic rings. The van der Waals surface area contributed by atoms with Gasteiger partial charge in [-0.3, -0.25) is 4.72 Å². The maximum atomic E-state index is 13.9. The van der Waals surface area contributed by atoms with Gasteiger partial charge in [0.15, 0.2) is 11.6 Å². The second-order valence-corrected chi connectivity index (χ2v) is 7.53. The molecule has 0 fully saturated rings. The molecule has 0 radical (unpaired) electrons. The second kappa shape index (κ2) is 7.17. The number of anilines is 1. The molecule has 3 aromatic carbocycles. The van der Waals surface area contributed by atoms with E-state index in [2.05, 4.69) is 4.72 Å². The summed E-state index contributed by atoms with van der Waals surface area (Å²) in [5.41, 5.74) is 2.70. The van der Waals surface area contributed by atoms with Crippen LogP contribution >= 0.6 is 0 Å². The largest absolute Gasteiger partial charge is 0.494 e. The van der Waals surface area contributed by atoms with Crippen LogP contribution in [0.25, 0.3) is 11.1 Å². The van der Waals surface area contributed by atoms with Crippen LogP contribution < -0.4 is 9.46 Å². The minimum absolute atomic E-state index is 0.157. The highest BCUT2D eigenvalue weighted by molar-refractivity contribution is 7.92. The van der Waals surface area contributed by atoms with Crippen molar-refractivity contribution in [3.8, 4) is 16.9 Å². The first kappa shape index (κ1) is 17.9. The first-order valence-corrected chi connectivity index (χ1v) is 9.41. The van der Waals surface area contributed by atoms with Gasteiger partial charge in [-0.15, -0.1) is 0 Å². The van der Waals surface area contributed by atoms with E-state index in [0.29, 0.717) is 16.8 Å². The topological polar surface area (TPSA) is 55.4 Å². The van der Waals surface area contributed by atoms with Crippen molar-refractivity contribution in [2.24, 2.45) is 0 Å². The van der Waals surface area contributed by atoms with Gasteiger partial charge in [-0.2, -0.15) is 0 Å². The number of sulfonamides is 1. The van der Waals surface area contributed by atoms with Crippen LogP contribution in [0.2, 0.25) is 0 Å². The van der Waals surface area contributed by atoms with Gasteiger partial charge in [-0.05, 0) is 54.4 Å². The number of hydrogen-bond donors (Lipinski definition) is 1. The first-order chi connectivity index (χ1) is 12.4. The number of rotatable bonds is 5. The van der Waals surface area contributed by atoms with Gasteiger partial charge in [-0.25, -0.2) is 12.8 Å². The van der Waals surface area contributed by atoms with Crippen LogP contribution in [0.4, 0.5) is 10.1 Å². The smallest absolute Gasteiger partial charge is 0.261 e. The van der Waals surface area contributed by atoms with Gasteiger partial charge in [0.1, 0.15) is 0 Å². The average molecular weight is 371 g/mol. The monoisotopic (exact) mass is 371 g/mol. The molecule has 0 bridgehead atoms. The lowest BCUT2D eigenvalue weighted by atomic mass is 10.0. The molecule has 4 nitrogen and oxygen atoms in total. The van der Waals surface area contributed by atoms with Crippen molar-refractivity contribution in [2.75, 3.05) is 11.8 Å². The fourth-order valence-electron chi connectivity index (χ4n) is 2.54. The molecule has 26 heavy (non-hydrogen) atoms. The van der Waals surface area contributed by atoms with E-state index >= 15 is 0 Å². The zero-order valence-electron chi connectivity index (χ0n) is 14.4. The summed E-state index contributed by atoms with van der Waals surface area (Å²) in [6.45, 7) is 1.89. The fourth-order valence-corrected chi connectivity index (χ4v) is 3.59. The van der Waals surface area contributed by atoms with Gasteiger partial charge in [0, 0.05) is 5.69 Å². The van der Waals surface area contributed by atoms with E-state index in [-0.39, 0.29) is 10.6 Å². The number of ether oxygens (including phenoxy) is 1. The van der Waals surface area contributed by atoms with Crippen molar-refractivity contribution >= 4 is 15.7 Å². The lowest BCUT2D eigenvalue weighted by molar-refractivity contribution is 0.386. The molecule has 1 N–H and O–H groups in total. The van der Waals surface area contributed by atoms with Crippen LogP contribution in [0.15, 0.2) is 71.6 Å². The molecule has 0 aliphatic rings. The van der Waals surface area contributed by atoms with E-state index in [0.717, 1.165) is 5.56 Å². The van der Waals surface area contributed by atoms with Gasteiger partial charge in [0.2, 0.25) is 0 Å². The molecule has 0 aromatic heterocycles. The van der Waals surface area contributed by atoms with Crippen LogP contribution in [0.3, 0.4) is 0 Å². The minimum atomic E-state index is -3.69. The fraction of sp³-hybridized carbons (Fsp3) is 0.100. The van der Waals surface area contributed by atoms with E-state index in [1.165, 1.54) is 19.2 Å². The summed E-state index contributed by atoms with van der Waals surface area (Å²) in [5, 5.41) is 0. The molecule has 134 valence electrons. The molecule has 0 aliphatic carbocycles. The number of aryl methyl sites for hydroxylation is 1. The van der Waals surface area contributed by atoms with E-state index in [1.807, 2.05) is 6.92 Å². The van der Waals surface area contributed by atoms with E-state index in [1.54, 1.807) is 54.6 Å². The zero-order valence-corrected chi connectivity index (χ0v) is 15.2. The normalized spacial score (nSPS) is 11.2. The average Bonchev–Trinajstić information content (AvgIpc) is 2.62. The molecule has 6 heteroatoms. The number of benzene rings is 3. The SMILES string of the molecule is COc1ccc(-c2cccc(NS(=O)(=O)c3ccc(C)cc3)c2)cc1F. The van der Waals surface area contributed by atoms with Crippen LogP contribution in [0, 0.1) is 12.7 Å². The van der Waals surface area contributed by atoms with Crippen LogP contribution in [0.5, 0.6) is 5.75 Å². The summed E-state index contributed by atoms with van der Waals surface area (Å²) in [7, 11) is -2.29. The van der Waals surface area contributed by atoms with Crippen molar-refractivity contribution in [1.29, 1.82) is 0 Å². The Morgan fingerprint density at radius 1 is 0.923 bits per heavy atom. The molecular weight excluding hydrogens is 353 g/mol. The summed E-state index contributed by atoms with van der Waals surface area (Å²) in [4.78, 5) is 0.184. The third kappa shape index (κ3) is 3.86. The van der Waals surface area contributed by atoms with Gasteiger partial charge in [0.25, 0.3) is 10.0 Å². The highest BCUT2D eigenvalue weighted by atomic mass is 32.2. The van der Waals surface area contributed by atoms with E-state index in [4.69, 9.17) is 4.74 Å². The molecule has 0 spiro atoms. The zero-order chi connectivity index (χ0) is 18.7.